The zero-order chi connectivity index (χ0) is 16.9. The van der Waals surface area contributed by atoms with Gasteiger partial charge in [0.1, 0.15) is 16.2 Å². The number of halogens is 2. The average molecular weight is 356 g/mol. The van der Waals surface area contributed by atoms with Crippen LogP contribution in [0, 0.1) is 5.82 Å². The number of rotatable bonds is 3. The number of carbonyl (C=O) groups is 2. The van der Waals surface area contributed by atoms with E-state index in [0.29, 0.717) is 0 Å². The Bertz CT molecular complexity index is 1050. The summed E-state index contributed by atoms with van der Waals surface area (Å²) in [6, 6.07) is 2.05. The molecule has 0 aliphatic heterocycles. The predicted molar refractivity (Wildman–Crippen MR) is 82.3 cm³/mol. The monoisotopic (exact) mass is 355 g/mol. The van der Waals surface area contributed by atoms with Crippen molar-refractivity contribution in [3.8, 4) is 0 Å². The molecule has 2 aromatic heterocycles. The number of benzene rings is 1. The maximum absolute atomic E-state index is 13.7. The molecule has 0 aliphatic rings. The second kappa shape index (κ2) is 5.32. The molecule has 3 rings (SSSR count). The number of carboxylic acid groups (broad SMARTS) is 2. The largest absolute Gasteiger partial charge is 0.481 e. The highest BCUT2D eigenvalue weighted by atomic mass is 35.5. The second-order valence-electron chi connectivity index (χ2n) is 4.73. The maximum Gasteiger partial charge on any atom is 0.342 e. The molecule has 0 spiro atoms. The number of nitrogens with zero attached hydrogens (tertiary/aromatic N) is 1. The highest BCUT2D eigenvalue weighted by Crippen LogP contribution is 2.28. The van der Waals surface area contributed by atoms with E-state index in [1.165, 1.54) is 15.8 Å². The highest BCUT2D eigenvalue weighted by Gasteiger charge is 2.22. The fourth-order valence-electron chi connectivity index (χ4n) is 2.39. The summed E-state index contributed by atoms with van der Waals surface area (Å²) in [5.74, 6) is -3.45. The minimum Gasteiger partial charge on any atom is -0.481 e. The zero-order valence-corrected chi connectivity index (χ0v) is 12.7. The Morgan fingerprint density at radius 2 is 2.00 bits per heavy atom. The molecule has 0 aliphatic carbocycles. The van der Waals surface area contributed by atoms with Gasteiger partial charge in [0.15, 0.2) is 0 Å². The normalized spacial score (nSPS) is 11.2. The highest BCUT2D eigenvalue weighted by molar-refractivity contribution is 7.16. The van der Waals surface area contributed by atoms with Crippen LogP contribution in [0.3, 0.4) is 0 Å². The Hall–Kier alpha value is -2.45. The molecular formula is C14H7ClFNO5S. The fraction of sp³-hybridized carbons (Fsp3) is 0.0714. The summed E-state index contributed by atoms with van der Waals surface area (Å²) >= 11 is 6.68. The third kappa shape index (κ3) is 2.36. The second-order valence-corrected chi connectivity index (χ2v) is 6.00. The lowest BCUT2D eigenvalue weighted by Crippen LogP contribution is -2.18. The van der Waals surface area contributed by atoms with Gasteiger partial charge in [0.2, 0.25) is 5.43 Å². The number of thiazole rings is 1. The van der Waals surface area contributed by atoms with E-state index in [1.54, 1.807) is 0 Å². The minimum absolute atomic E-state index is 0.0777. The van der Waals surface area contributed by atoms with Crippen molar-refractivity contribution in [3.05, 3.63) is 49.8 Å². The minimum atomic E-state index is -1.46. The summed E-state index contributed by atoms with van der Waals surface area (Å²) in [6.45, 7) is 0. The van der Waals surface area contributed by atoms with Gasteiger partial charge in [0.05, 0.1) is 22.3 Å². The van der Waals surface area contributed by atoms with E-state index in [4.69, 9.17) is 16.7 Å². The van der Waals surface area contributed by atoms with E-state index in [9.17, 15) is 23.9 Å². The summed E-state index contributed by atoms with van der Waals surface area (Å²) in [5.41, 5.74) is -0.931. The maximum atomic E-state index is 13.7. The van der Waals surface area contributed by atoms with Gasteiger partial charge in [0.25, 0.3) is 0 Å². The topological polar surface area (TPSA) is 96.1 Å². The van der Waals surface area contributed by atoms with Crippen molar-refractivity contribution < 1.29 is 24.2 Å². The lowest BCUT2D eigenvalue weighted by atomic mass is 10.1. The summed E-state index contributed by atoms with van der Waals surface area (Å²) in [7, 11) is 0. The van der Waals surface area contributed by atoms with Crippen LogP contribution in [0.4, 0.5) is 4.39 Å². The summed E-state index contributed by atoms with van der Waals surface area (Å²) < 4.78 is 15.0. The van der Waals surface area contributed by atoms with Gasteiger partial charge < -0.3 is 14.6 Å². The summed E-state index contributed by atoms with van der Waals surface area (Å²) in [5, 5.41) is 19.3. The van der Waals surface area contributed by atoms with Crippen LogP contribution >= 0.6 is 22.9 Å². The van der Waals surface area contributed by atoms with Crippen molar-refractivity contribution >= 4 is 50.6 Å². The number of aromatic nitrogens is 1. The molecular weight excluding hydrogens is 349 g/mol. The molecule has 0 saturated heterocycles. The number of hydrogen-bond donors (Lipinski definition) is 2. The Morgan fingerprint density at radius 1 is 1.30 bits per heavy atom. The first-order valence-corrected chi connectivity index (χ1v) is 7.46. The number of carboxylic acids is 2. The number of aromatic carboxylic acids is 1. The van der Waals surface area contributed by atoms with Gasteiger partial charge >= 0.3 is 11.9 Å². The van der Waals surface area contributed by atoms with Crippen molar-refractivity contribution in [1.82, 2.24) is 4.40 Å². The molecule has 6 nitrogen and oxygen atoms in total. The fourth-order valence-corrected chi connectivity index (χ4v) is 3.61. The Kier molecular flexibility index (Phi) is 3.57. The number of aliphatic carboxylic acids is 1. The third-order valence-corrected chi connectivity index (χ3v) is 4.60. The zero-order valence-electron chi connectivity index (χ0n) is 11.2. The van der Waals surface area contributed by atoms with Crippen molar-refractivity contribution in [2.75, 3.05) is 0 Å². The number of hydrogen-bond acceptors (Lipinski definition) is 4. The van der Waals surface area contributed by atoms with Crippen molar-refractivity contribution in [1.29, 1.82) is 0 Å². The Balaban J connectivity index is 2.59. The van der Waals surface area contributed by atoms with Gasteiger partial charge in [-0.2, -0.15) is 0 Å². The molecule has 0 radical (unpaired) electrons. The van der Waals surface area contributed by atoms with Crippen LogP contribution in [0.1, 0.15) is 16.1 Å². The standard InChI is InChI=1S/C14H7ClFNO5S/c15-7-3-9-6(2-8(7)16)12(20)11(14(21)22)13-17(9)5(4-23-13)1-10(18)19/h2-4H,1H2,(H,18,19)(H,21,22). The molecule has 0 atom stereocenters. The molecule has 0 fully saturated rings. The van der Waals surface area contributed by atoms with Crippen molar-refractivity contribution in [3.63, 3.8) is 0 Å². The van der Waals surface area contributed by atoms with E-state index in [-0.39, 0.29) is 32.9 Å². The molecule has 9 heteroatoms. The van der Waals surface area contributed by atoms with E-state index in [1.807, 2.05) is 0 Å². The van der Waals surface area contributed by atoms with Gasteiger partial charge in [-0.25, -0.2) is 9.18 Å². The van der Waals surface area contributed by atoms with Crippen molar-refractivity contribution in [2.24, 2.45) is 0 Å². The molecule has 3 aromatic rings. The van der Waals surface area contributed by atoms with Gasteiger partial charge in [-0.1, -0.05) is 11.6 Å². The molecule has 1 aromatic carbocycles. The van der Waals surface area contributed by atoms with Crippen LogP contribution in [0.5, 0.6) is 0 Å². The van der Waals surface area contributed by atoms with Gasteiger partial charge in [-0.15, -0.1) is 11.3 Å². The molecule has 0 saturated carbocycles. The Morgan fingerprint density at radius 3 is 2.61 bits per heavy atom. The molecule has 0 bridgehead atoms. The summed E-state index contributed by atoms with van der Waals surface area (Å²) in [4.78, 5) is 34.8. The first-order chi connectivity index (χ1) is 10.8. The van der Waals surface area contributed by atoms with E-state index < -0.39 is 28.7 Å². The Labute approximate surface area is 136 Å². The summed E-state index contributed by atoms with van der Waals surface area (Å²) in [6.07, 6.45) is -0.383. The van der Waals surface area contributed by atoms with Gasteiger partial charge in [-0.05, 0) is 12.1 Å². The lowest BCUT2D eigenvalue weighted by Gasteiger charge is -2.08. The number of fused-ring (bicyclic) bond motifs is 3. The molecule has 0 amide bonds. The smallest absolute Gasteiger partial charge is 0.342 e. The number of pyridine rings is 1. The molecule has 2 heterocycles. The van der Waals surface area contributed by atoms with E-state index in [2.05, 4.69) is 0 Å². The third-order valence-electron chi connectivity index (χ3n) is 3.31. The van der Waals surface area contributed by atoms with Crippen LogP contribution in [0.2, 0.25) is 5.02 Å². The lowest BCUT2D eigenvalue weighted by molar-refractivity contribution is -0.136. The average Bonchev–Trinajstić information content (AvgIpc) is 2.83. The predicted octanol–water partition coefficient (Wildman–Crippen LogP) is 2.63. The first-order valence-electron chi connectivity index (χ1n) is 6.20. The van der Waals surface area contributed by atoms with Crippen LogP contribution in [-0.4, -0.2) is 26.6 Å². The molecule has 23 heavy (non-hydrogen) atoms. The van der Waals surface area contributed by atoms with Gasteiger partial charge in [0, 0.05) is 11.1 Å². The van der Waals surface area contributed by atoms with Crippen LogP contribution in [0.25, 0.3) is 15.7 Å². The van der Waals surface area contributed by atoms with E-state index >= 15 is 0 Å². The van der Waals surface area contributed by atoms with Gasteiger partial charge in [-0.3, -0.25) is 9.59 Å². The SMILES string of the molecule is O=C(O)Cc1csc2c(C(=O)O)c(=O)c3cc(F)c(Cl)cc3n12. The van der Waals surface area contributed by atoms with Crippen LogP contribution < -0.4 is 5.43 Å². The molecule has 118 valence electrons. The molecule has 2 N–H and O–H groups in total. The van der Waals surface area contributed by atoms with Crippen molar-refractivity contribution in [2.45, 2.75) is 6.42 Å². The van der Waals surface area contributed by atoms with Crippen LogP contribution in [0.15, 0.2) is 22.3 Å². The van der Waals surface area contributed by atoms with E-state index in [0.717, 1.165) is 17.4 Å². The van der Waals surface area contributed by atoms with Crippen LogP contribution in [-0.2, 0) is 11.2 Å². The first kappa shape index (κ1) is 15.4. The quantitative estimate of drug-likeness (QED) is 0.753. The molecule has 0 unspecified atom stereocenters.